The average molecular weight is 339 g/mol. The summed E-state index contributed by atoms with van der Waals surface area (Å²) in [5, 5.41) is 21.4. The van der Waals surface area contributed by atoms with Gasteiger partial charge in [-0.1, -0.05) is 25.5 Å². The monoisotopic (exact) mass is 339 g/mol. The number of ether oxygens (including phenoxy) is 1. The predicted molar refractivity (Wildman–Crippen MR) is 86.0 cm³/mol. The molecule has 1 aliphatic rings. The minimum atomic E-state index is -1.38. The third-order valence-corrected chi connectivity index (χ3v) is 4.95. The van der Waals surface area contributed by atoms with Crippen molar-refractivity contribution >= 4 is 14.4 Å². The lowest BCUT2D eigenvalue weighted by molar-refractivity contribution is -0.0891. The van der Waals surface area contributed by atoms with Gasteiger partial charge in [-0.25, -0.2) is 4.79 Å². The van der Waals surface area contributed by atoms with E-state index in [0.717, 1.165) is 18.4 Å². The number of aromatic carboxylic acids is 1. The number of rotatable bonds is 7. The third kappa shape index (κ3) is 4.36. The fourth-order valence-electron chi connectivity index (χ4n) is 2.68. The summed E-state index contributed by atoms with van der Waals surface area (Å²) in [6.45, 7) is 2.66. The highest BCUT2D eigenvalue weighted by Crippen LogP contribution is 2.34. The Morgan fingerprint density at radius 2 is 2.30 bits per heavy atom. The van der Waals surface area contributed by atoms with Crippen molar-refractivity contribution in [2.75, 3.05) is 13.2 Å². The summed E-state index contributed by atoms with van der Waals surface area (Å²) in [5.41, 5.74) is 1.05. The normalized spacial score (nSPS) is 24.3. The van der Waals surface area contributed by atoms with Crippen LogP contribution in [0.15, 0.2) is 24.3 Å². The van der Waals surface area contributed by atoms with Gasteiger partial charge >= 0.3 is 5.97 Å². The first kappa shape index (κ1) is 18.0. The predicted octanol–water partition coefficient (Wildman–Crippen LogP) is 2.58. The molecule has 1 fully saturated rings. The van der Waals surface area contributed by atoms with Crippen LogP contribution in [0.25, 0.3) is 0 Å². The van der Waals surface area contributed by atoms with Gasteiger partial charge < -0.3 is 20.3 Å². The molecule has 0 radical (unpaired) electrons. The van der Waals surface area contributed by atoms with Crippen molar-refractivity contribution in [2.45, 2.75) is 43.7 Å². The Hall–Kier alpha value is -1.33. The van der Waals surface area contributed by atoms with Crippen LogP contribution >= 0.6 is 8.46 Å². The van der Waals surface area contributed by atoms with Crippen LogP contribution in [0.4, 0.5) is 0 Å². The Morgan fingerprint density at radius 1 is 1.52 bits per heavy atom. The summed E-state index contributed by atoms with van der Waals surface area (Å²) in [4.78, 5) is 11.0. The summed E-state index contributed by atoms with van der Waals surface area (Å²) in [6.07, 6.45) is 1.55. The van der Waals surface area contributed by atoms with Crippen LogP contribution in [0.5, 0.6) is 0 Å². The van der Waals surface area contributed by atoms with Crippen LogP contribution in [-0.4, -0.2) is 40.8 Å². The highest BCUT2D eigenvalue weighted by molar-refractivity contribution is 7.25. The molecular weight excluding hydrogens is 317 g/mol. The number of hydrogen-bond acceptors (Lipinski definition) is 5. The molecule has 3 atom stereocenters. The van der Waals surface area contributed by atoms with E-state index in [1.165, 1.54) is 6.07 Å². The molecule has 126 valence electrons. The molecule has 1 saturated heterocycles. The molecule has 1 unspecified atom stereocenters. The highest BCUT2D eigenvalue weighted by atomic mass is 31.1. The van der Waals surface area contributed by atoms with Gasteiger partial charge in [0.15, 0.2) is 13.8 Å². The topological polar surface area (TPSA) is 95.9 Å². The van der Waals surface area contributed by atoms with Gasteiger partial charge in [0.05, 0.1) is 18.2 Å². The number of aliphatic hydroxyl groups is 1. The third-order valence-electron chi connectivity index (χ3n) is 4.12. The van der Waals surface area contributed by atoms with E-state index >= 15 is 0 Å². The van der Waals surface area contributed by atoms with Gasteiger partial charge in [0.1, 0.15) is 6.10 Å². The summed E-state index contributed by atoms with van der Waals surface area (Å²) >= 11 is 0. The second-order valence-electron chi connectivity index (χ2n) is 5.79. The van der Waals surface area contributed by atoms with Crippen molar-refractivity contribution in [1.29, 1.82) is 0 Å². The van der Waals surface area contributed by atoms with Crippen LogP contribution in [0.2, 0.25) is 0 Å². The molecular formula is C16H22NO5P. The zero-order chi connectivity index (χ0) is 16.9. The van der Waals surface area contributed by atoms with Crippen LogP contribution in [0.1, 0.15) is 48.1 Å². The molecule has 23 heavy (non-hydrogen) atoms. The summed E-state index contributed by atoms with van der Waals surface area (Å²) in [7, 11) is -0.328. The molecule has 6 nitrogen and oxygen atoms in total. The summed E-state index contributed by atoms with van der Waals surface area (Å²) < 4.78 is 17.1. The lowest BCUT2D eigenvalue weighted by Gasteiger charge is -2.37. The van der Waals surface area contributed by atoms with Crippen molar-refractivity contribution in [1.82, 2.24) is 5.32 Å². The average Bonchev–Trinajstić information content (AvgIpc) is 2.60. The van der Waals surface area contributed by atoms with Gasteiger partial charge in [-0.05, 0) is 30.5 Å². The first-order chi connectivity index (χ1) is 11.0. The molecule has 1 aromatic rings. The molecule has 1 heterocycles. The van der Waals surface area contributed by atoms with Gasteiger partial charge in [0, 0.05) is 6.54 Å². The van der Waals surface area contributed by atoms with E-state index in [1.807, 2.05) is 13.0 Å². The number of carbonyl (C=O) groups is 1. The van der Waals surface area contributed by atoms with Crippen molar-refractivity contribution in [2.24, 2.45) is 0 Å². The van der Waals surface area contributed by atoms with Crippen LogP contribution < -0.4 is 5.32 Å². The number of nitrogens with one attached hydrogen (secondary N) is 1. The summed E-state index contributed by atoms with van der Waals surface area (Å²) in [6, 6.07) is 6.53. The minimum Gasteiger partial charge on any atom is -0.478 e. The van der Waals surface area contributed by atoms with Gasteiger partial charge in [0.25, 0.3) is 0 Å². The van der Waals surface area contributed by atoms with E-state index in [2.05, 4.69) is 5.32 Å². The van der Waals surface area contributed by atoms with Crippen molar-refractivity contribution < 1.29 is 24.3 Å². The van der Waals surface area contributed by atoms with Crippen LogP contribution in [-0.2, 0) is 9.30 Å². The van der Waals surface area contributed by atoms with Gasteiger partial charge in [-0.15, -0.1) is 0 Å². The van der Waals surface area contributed by atoms with E-state index < -0.39 is 17.4 Å². The second-order valence-corrected chi connectivity index (χ2v) is 6.74. The maximum Gasteiger partial charge on any atom is 0.335 e. The Morgan fingerprint density at radius 3 is 2.87 bits per heavy atom. The van der Waals surface area contributed by atoms with Gasteiger partial charge in [-0.3, -0.25) is 4.57 Å². The minimum absolute atomic E-state index is 0.149. The zero-order valence-corrected chi connectivity index (χ0v) is 14.0. The molecule has 0 saturated carbocycles. The van der Waals surface area contributed by atoms with Crippen molar-refractivity contribution in [3.63, 3.8) is 0 Å². The number of carboxylic acids is 1. The number of carboxylic acid groups (broad SMARTS) is 1. The number of hydrogen-bond donors (Lipinski definition) is 3. The van der Waals surface area contributed by atoms with E-state index in [-0.39, 0.29) is 26.7 Å². The van der Waals surface area contributed by atoms with Crippen molar-refractivity contribution in [3.05, 3.63) is 35.4 Å². The number of benzene rings is 1. The fraction of sp³-hybridized carbons (Fsp3) is 0.562. The number of unbranched alkanes of at least 4 members (excludes halogenated alkanes) is 1. The lowest BCUT2D eigenvalue weighted by Crippen LogP contribution is -2.51. The molecule has 0 spiro atoms. The van der Waals surface area contributed by atoms with E-state index in [0.29, 0.717) is 13.0 Å². The molecule has 0 aromatic heterocycles. The largest absolute Gasteiger partial charge is 0.478 e. The second kappa shape index (κ2) is 7.97. The molecule has 1 aromatic carbocycles. The first-order valence-corrected chi connectivity index (χ1v) is 8.56. The standard InChI is InChI=1S/C16H22NO5P/c1-2-3-7-16(20,23-21)14-9-17-13(10-22-14)11-5-4-6-12(8-11)15(18)19/h4-6,8,13-14,17,20H,2-3,7,9-10H2,1H3,(H,18,19)/t13-,14+,16?/m0/s1. The van der Waals surface area contributed by atoms with Gasteiger partial charge in [-0.2, -0.15) is 0 Å². The van der Waals surface area contributed by atoms with Crippen LogP contribution in [0.3, 0.4) is 0 Å². The van der Waals surface area contributed by atoms with Gasteiger partial charge in [0.2, 0.25) is 0 Å². The number of morpholine rings is 1. The SMILES string of the molecule is CCCCC(O)(P=O)[C@H]1CN[C@H](c2cccc(C(=O)O)c2)CO1. The fourth-order valence-corrected chi connectivity index (χ4v) is 3.21. The zero-order valence-electron chi connectivity index (χ0n) is 13.1. The summed E-state index contributed by atoms with van der Waals surface area (Å²) in [5.74, 6) is -0.972. The van der Waals surface area contributed by atoms with E-state index in [1.54, 1.807) is 12.1 Å². The quantitative estimate of drug-likeness (QED) is 0.661. The van der Waals surface area contributed by atoms with Crippen LogP contribution in [0, 0.1) is 0 Å². The first-order valence-electron chi connectivity index (χ1n) is 7.75. The molecule has 0 amide bonds. The van der Waals surface area contributed by atoms with Crippen molar-refractivity contribution in [3.8, 4) is 0 Å². The molecule has 0 bridgehead atoms. The molecule has 0 aliphatic carbocycles. The lowest BCUT2D eigenvalue weighted by atomic mass is 10.0. The Balaban J connectivity index is 2.01. The smallest absolute Gasteiger partial charge is 0.335 e. The molecule has 3 N–H and O–H groups in total. The maximum atomic E-state index is 11.4. The Kier molecular flexibility index (Phi) is 6.25. The Bertz CT molecular complexity index is 559. The van der Waals surface area contributed by atoms with E-state index in [9.17, 15) is 14.5 Å². The maximum absolute atomic E-state index is 11.4. The molecule has 7 heteroatoms. The molecule has 2 rings (SSSR count). The van der Waals surface area contributed by atoms with E-state index in [4.69, 9.17) is 9.84 Å². The Labute approximate surface area is 137 Å². The molecule has 1 aliphatic heterocycles. The highest BCUT2D eigenvalue weighted by Gasteiger charge is 2.40.